The van der Waals surface area contributed by atoms with Crippen molar-refractivity contribution in [3.05, 3.63) is 18.2 Å². The largest absolute Gasteiger partial charge is 0.258 e. The van der Waals surface area contributed by atoms with E-state index in [0.717, 1.165) is 15.9 Å². The van der Waals surface area contributed by atoms with Gasteiger partial charge in [-0.3, -0.25) is 5.10 Å². The van der Waals surface area contributed by atoms with Crippen LogP contribution in [0, 0.1) is 0 Å². The zero-order valence-electron chi connectivity index (χ0n) is 6.07. The van der Waals surface area contributed by atoms with E-state index in [1.165, 1.54) is 0 Å². The maximum absolute atomic E-state index is 4.19. The Labute approximate surface area is 91.3 Å². The normalized spacial score (nSPS) is 9.55. The zero-order valence-corrected chi connectivity index (χ0v) is 8.97. The van der Waals surface area contributed by atoms with E-state index < -0.39 is 0 Å². The number of aromatic nitrogens is 3. The summed E-state index contributed by atoms with van der Waals surface area (Å²) in [6, 6.07) is 5.70. The third-order valence-electron chi connectivity index (χ3n) is 1.34. The molecule has 1 N–H and O–H groups in total. The van der Waals surface area contributed by atoms with Crippen molar-refractivity contribution in [2.45, 2.75) is 4.90 Å². The van der Waals surface area contributed by atoms with Crippen LogP contribution in [0.5, 0.6) is 0 Å². The third kappa shape index (κ3) is 1.59. The Balaban J connectivity index is 0.000000605. The topological polar surface area (TPSA) is 41.6 Å². The molecule has 0 amide bonds. The van der Waals surface area contributed by atoms with E-state index >= 15 is 0 Å². The van der Waals surface area contributed by atoms with Gasteiger partial charge in [0, 0.05) is 34.5 Å². The zero-order chi connectivity index (χ0) is 6.97. The molecule has 2 rings (SSSR count). The number of rotatable bonds is 0. The van der Waals surface area contributed by atoms with Crippen LogP contribution in [0.1, 0.15) is 0 Å². The van der Waals surface area contributed by atoms with Gasteiger partial charge in [-0.2, -0.15) is 0 Å². The van der Waals surface area contributed by atoms with E-state index in [1.807, 2.05) is 18.2 Å². The molecule has 2 aromatic rings. The van der Waals surface area contributed by atoms with Gasteiger partial charge < -0.3 is 0 Å². The fourth-order valence-electron chi connectivity index (χ4n) is 0.856. The van der Waals surface area contributed by atoms with E-state index in [1.54, 1.807) is 0 Å². The smallest absolute Gasteiger partial charge is 0.126 e. The quantitative estimate of drug-likeness (QED) is 0.459. The summed E-state index contributed by atoms with van der Waals surface area (Å²) < 4.78 is 0. The van der Waals surface area contributed by atoms with Crippen molar-refractivity contribution in [2.24, 2.45) is 0 Å². The van der Waals surface area contributed by atoms with Gasteiger partial charge in [0.25, 0.3) is 0 Å². The third-order valence-corrected chi connectivity index (χ3v) is 1.70. The van der Waals surface area contributed by atoms with Crippen molar-refractivity contribution < 1.29 is 0 Å². The Morgan fingerprint density at radius 1 is 1.36 bits per heavy atom. The summed E-state index contributed by atoms with van der Waals surface area (Å²) in [5, 5.41) is 10.2. The Hall–Kier alpha value is -0.0300. The average Bonchev–Trinajstić information content (AvgIpc) is 2.36. The molecular formula is C6H5N3NaS. The number of hydrogen-bond donors (Lipinski definition) is 2. The molecule has 0 spiro atoms. The molecule has 1 aromatic heterocycles. The Bertz CT molecular complexity index is 359. The fourth-order valence-corrected chi connectivity index (χ4v) is 1.11. The molecule has 1 aromatic carbocycles. The SMILES string of the molecule is Sc1cccc2[nH]nnc12.[Na]. The number of nitrogens with one attached hydrogen (secondary N) is 1. The second-order valence-corrected chi connectivity index (χ2v) is 2.47. The number of fused-ring (bicyclic) bond motifs is 1. The van der Waals surface area contributed by atoms with Gasteiger partial charge in [0.05, 0.1) is 5.52 Å². The second kappa shape index (κ2) is 3.58. The minimum Gasteiger partial charge on any atom is -0.258 e. The van der Waals surface area contributed by atoms with Crippen molar-refractivity contribution >= 4 is 53.2 Å². The van der Waals surface area contributed by atoms with E-state index in [0.29, 0.717) is 0 Å². The summed E-state index contributed by atoms with van der Waals surface area (Å²) >= 11 is 4.19. The molecule has 0 aliphatic rings. The van der Waals surface area contributed by atoms with Gasteiger partial charge in [-0.05, 0) is 12.1 Å². The van der Waals surface area contributed by atoms with E-state index in [2.05, 4.69) is 28.0 Å². The second-order valence-electron chi connectivity index (χ2n) is 1.99. The average molecular weight is 174 g/mol. The number of thiol groups is 1. The van der Waals surface area contributed by atoms with Crippen molar-refractivity contribution in [1.82, 2.24) is 15.4 Å². The first-order valence-electron chi connectivity index (χ1n) is 2.86. The minimum atomic E-state index is 0. The molecule has 0 fully saturated rings. The van der Waals surface area contributed by atoms with Crippen LogP contribution >= 0.6 is 12.6 Å². The van der Waals surface area contributed by atoms with Crippen LogP contribution in [0.3, 0.4) is 0 Å². The fraction of sp³-hybridized carbons (Fsp3) is 0. The Kier molecular flexibility index (Phi) is 2.95. The van der Waals surface area contributed by atoms with Gasteiger partial charge >= 0.3 is 0 Å². The molecule has 0 saturated heterocycles. The van der Waals surface area contributed by atoms with Gasteiger partial charge in [0.1, 0.15) is 5.52 Å². The summed E-state index contributed by atoms with van der Waals surface area (Å²) in [5.41, 5.74) is 1.75. The number of H-pyrrole nitrogens is 1. The minimum absolute atomic E-state index is 0. The first-order chi connectivity index (χ1) is 4.88. The molecular weight excluding hydrogens is 169 g/mol. The molecule has 5 heteroatoms. The van der Waals surface area contributed by atoms with Crippen LogP contribution in [0.15, 0.2) is 23.1 Å². The summed E-state index contributed by atoms with van der Waals surface area (Å²) in [4.78, 5) is 0.853. The summed E-state index contributed by atoms with van der Waals surface area (Å²) in [6.45, 7) is 0. The van der Waals surface area contributed by atoms with Gasteiger partial charge in [-0.25, -0.2) is 0 Å². The Morgan fingerprint density at radius 2 is 2.18 bits per heavy atom. The Morgan fingerprint density at radius 3 is 2.91 bits per heavy atom. The maximum Gasteiger partial charge on any atom is 0.126 e. The van der Waals surface area contributed by atoms with Crippen LogP contribution < -0.4 is 0 Å². The van der Waals surface area contributed by atoms with Crippen LogP contribution in [-0.2, 0) is 0 Å². The molecule has 0 aliphatic heterocycles. The van der Waals surface area contributed by atoms with Crippen LogP contribution in [0.25, 0.3) is 11.0 Å². The molecule has 0 atom stereocenters. The maximum atomic E-state index is 4.19. The van der Waals surface area contributed by atoms with Crippen molar-refractivity contribution in [3.63, 3.8) is 0 Å². The van der Waals surface area contributed by atoms with E-state index in [4.69, 9.17) is 0 Å². The van der Waals surface area contributed by atoms with Gasteiger partial charge in [-0.15, -0.1) is 17.7 Å². The molecule has 0 bridgehead atoms. The summed E-state index contributed by atoms with van der Waals surface area (Å²) in [7, 11) is 0. The van der Waals surface area contributed by atoms with Crippen molar-refractivity contribution in [3.8, 4) is 0 Å². The standard InChI is InChI=1S/C6H5N3S.Na/c10-5-3-1-2-4-6(5)8-9-7-4;/h1-3,10H,(H,7,8,9);. The van der Waals surface area contributed by atoms with Crippen molar-refractivity contribution in [1.29, 1.82) is 0 Å². The van der Waals surface area contributed by atoms with Crippen LogP contribution in [0.4, 0.5) is 0 Å². The molecule has 0 aliphatic carbocycles. The number of benzene rings is 1. The first kappa shape index (κ1) is 9.06. The van der Waals surface area contributed by atoms with Gasteiger partial charge in [-0.1, -0.05) is 11.3 Å². The number of hydrogen-bond acceptors (Lipinski definition) is 3. The van der Waals surface area contributed by atoms with Gasteiger partial charge in [0.2, 0.25) is 0 Å². The first-order valence-corrected chi connectivity index (χ1v) is 3.31. The molecule has 0 saturated carbocycles. The van der Waals surface area contributed by atoms with Crippen LogP contribution in [0.2, 0.25) is 0 Å². The predicted molar refractivity (Wildman–Crippen MR) is 46.9 cm³/mol. The van der Waals surface area contributed by atoms with Crippen molar-refractivity contribution in [2.75, 3.05) is 0 Å². The molecule has 11 heavy (non-hydrogen) atoms. The van der Waals surface area contributed by atoms with E-state index in [-0.39, 0.29) is 29.6 Å². The molecule has 1 radical (unpaired) electrons. The molecule has 3 nitrogen and oxygen atoms in total. The summed E-state index contributed by atoms with van der Waals surface area (Å²) in [5.74, 6) is 0. The monoisotopic (exact) mass is 174 g/mol. The molecule has 1 heterocycles. The predicted octanol–water partition coefficient (Wildman–Crippen LogP) is 0.866. The van der Waals surface area contributed by atoms with Crippen LogP contribution in [-0.4, -0.2) is 45.0 Å². The van der Waals surface area contributed by atoms with E-state index in [9.17, 15) is 0 Å². The molecule has 51 valence electrons. The summed E-state index contributed by atoms with van der Waals surface area (Å²) in [6.07, 6.45) is 0. The number of aromatic amines is 1. The van der Waals surface area contributed by atoms with Gasteiger partial charge in [0.15, 0.2) is 0 Å². The number of nitrogens with zero attached hydrogens (tertiary/aromatic N) is 2. The molecule has 0 unspecified atom stereocenters.